The third-order valence-electron chi connectivity index (χ3n) is 3.73. The molecule has 0 fully saturated rings. The summed E-state index contributed by atoms with van der Waals surface area (Å²) in [5.41, 5.74) is 1.94. The molecule has 1 N–H and O–H groups in total. The van der Waals surface area contributed by atoms with Crippen LogP contribution in [0.15, 0.2) is 37.4 Å². The molecular weight excluding hydrogens is 320 g/mol. The van der Waals surface area contributed by atoms with Crippen molar-refractivity contribution in [2.45, 2.75) is 32.4 Å². The van der Waals surface area contributed by atoms with Gasteiger partial charge in [-0.05, 0) is 30.5 Å². The monoisotopic (exact) mass is 344 g/mol. The molecule has 1 aromatic heterocycles. The fourth-order valence-electron chi connectivity index (χ4n) is 2.55. The summed E-state index contributed by atoms with van der Waals surface area (Å²) in [7, 11) is 3.21. The van der Waals surface area contributed by atoms with Crippen molar-refractivity contribution in [3.8, 4) is 11.5 Å². The Bertz CT molecular complexity index is 699. The molecule has 0 aliphatic carbocycles. The van der Waals surface area contributed by atoms with E-state index in [1.807, 2.05) is 18.2 Å². The summed E-state index contributed by atoms with van der Waals surface area (Å²) in [6.45, 7) is 4.88. The van der Waals surface area contributed by atoms with Crippen molar-refractivity contribution in [3.05, 3.63) is 48.6 Å². The number of amides is 1. The van der Waals surface area contributed by atoms with Crippen LogP contribution in [0.25, 0.3) is 0 Å². The number of allylic oxidation sites excluding steroid dienone is 1. The Morgan fingerprint density at radius 1 is 1.36 bits per heavy atom. The molecule has 0 aliphatic heterocycles. The predicted molar refractivity (Wildman–Crippen MR) is 94.5 cm³/mol. The Balaban J connectivity index is 1.91. The van der Waals surface area contributed by atoms with Crippen molar-refractivity contribution in [2.75, 3.05) is 14.2 Å². The Morgan fingerprint density at radius 2 is 2.20 bits per heavy atom. The van der Waals surface area contributed by atoms with Gasteiger partial charge < -0.3 is 14.8 Å². The van der Waals surface area contributed by atoms with Crippen molar-refractivity contribution in [3.63, 3.8) is 0 Å². The molecule has 1 amide bonds. The maximum absolute atomic E-state index is 12.0. The average Bonchev–Trinajstić information content (AvgIpc) is 3.13. The Labute approximate surface area is 147 Å². The van der Waals surface area contributed by atoms with E-state index in [1.165, 1.54) is 6.33 Å². The van der Waals surface area contributed by atoms with Crippen LogP contribution in [-0.4, -0.2) is 34.9 Å². The number of methoxy groups -OCH3 is 2. The highest BCUT2D eigenvalue weighted by Gasteiger charge is 2.12. The molecule has 0 bridgehead atoms. The zero-order valence-corrected chi connectivity index (χ0v) is 14.7. The number of rotatable bonds is 10. The molecular formula is C18H24N4O3. The van der Waals surface area contributed by atoms with E-state index < -0.39 is 0 Å². The molecule has 134 valence electrons. The first-order valence-electron chi connectivity index (χ1n) is 8.11. The number of ether oxygens (including phenoxy) is 2. The third-order valence-corrected chi connectivity index (χ3v) is 3.73. The molecule has 7 heteroatoms. The minimum Gasteiger partial charge on any atom is -0.493 e. The van der Waals surface area contributed by atoms with Crippen LogP contribution in [0.5, 0.6) is 11.5 Å². The highest BCUT2D eigenvalue weighted by atomic mass is 16.5. The fraction of sp³-hybridized carbons (Fsp3) is 0.389. The van der Waals surface area contributed by atoms with E-state index >= 15 is 0 Å². The van der Waals surface area contributed by atoms with Crippen molar-refractivity contribution in [1.82, 2.24) is 20.1 Å². The van der Waals surface area contributed by atoms with E-state index in [0.29, 0.717) is 43.9 Å². The zero-order valence-electron chi connectivity index (χ0n) is 14.7. The Hall–Kier alpha value is -2.83. The van der Waals surface area contributed by atoms with Crippen LogP contribution in [0.1, 0.15) is 24.0 Å². The fourth-order valence-corrected chi connectivity index (χ4v) is 2.55. The van der Waals surface area contributed by atoms with Crippen LogP contribution in [0.2, 0.25) is 0 Å². The third kappa shape index (κ3) is 5.34. The maximum Gasteiger partial charge on any atom is 0.220 e. The second kappa shape index (κ2) is 9.46. The summed E-state index contributed by atoms with van der Waals surface area (Å²) in [6, 6.07) is 3.87. The topological polar surface area (TPSA) is 78.3 Å². The Kier molecular flexibility index (Phi) is 7.00. The number of nitrogens with one attached hydrogen (secondary N) is 1. The van der Waals surface area contributed by atoms with Gasteiger partial charge in [0.25, 0.3) is 0 Å². The minimum atomic E-state index is 0.000158. The number of carbonyl (C=O) groups is 1. The van der Waals surface area contributed by atoms with E-state index in [1.54, 1.807) is 25.2 Å². The van der Waals surface area contributed by atoms with Crippen LogP contribution < -0.4 is 14.8 Å². The van der Waals surface area contributed by atoms with E-state index in [9.17, 15) is 4.79 Å². The van der Waals surface area contributed by atoms with Gasteiger partial charge in [-0.2, -0.15) is 5.10 Å². The summed E-state index contributed by atoms with van der Waals surface area (Å²) < 4.78 is 12.5. The van der Waals surface area contributed by atoms with Gasteiger partial charge in [-0.15, -0.1) is 6.58 Å². The summed E-state index contributed by atoms with van der Waals surface area (Å²) >= 11 is 0. The number of aryl methyl sites for hydroxylation is 1. The molecule has 0 atom stereocenters. The zero-order chi connectivity index (χ0) is 18.1. The number of carbonyl (C=O) groups excluding carboxylic acids is 1. The molecule has 0 saturated carbocycles. The summed E-state index contributed by atoms with van der Waals surface area (Å²) in [5, 5.41) is 6.94. The molecule has 7 nitrogen and oxygen atoms in total. The first kappa shape index (κ1) is 18.5. The van der Waals surface area contributed by atoms with Crippen LogP contribution in [0.3, 0.4) is 0 Å². The quantitative estimate of drug-likeness (QED) is 0.668. The standard InChI is InChI=1S/C18H24N4O3/c1-4-6-15-9-14(10-16(24-2)18(15)25-3)11-20-17(23)7-5-8-22-13-19-12-21-22/h4,9-10,12-13H,1,5-8,11H2,2-3H3,(H,20,23). The second-order valence-corrected chi connectivity index (χ2v) is 5.52. The van der Waals surface area contributed by atoms with E-state index in [4.69, 9.17) is 9.47 Å². The van der Waals surface area contributed by atoms with Crippen LogP contribution in [0.4, 0.5) is 0 Å². The van der Waals surface area contributed by atoms with E-state index in [0.717, 1.165) is 11.1 Å². The second-order valence-electron chi connectivity index (χ2n) is 5.52. The lowest BCUT2D eigenvalue weighted by atomic mass is 10.1. The Morgan fingerprint density at radius 3 is 2.84 bits per heavy atom. The molecule has 0 aliphatic rings. The van der Waals surface area contributed by atoms with Gasteiger partial charge in [-0.3, -0.25) is 9.48 Å². The van der Waals surface area contributed by atoms with Crippen LogP contribution >= 0.6 is 0 Å². The van der Waals surface area contributed by atoms with Gasteiger partial charge in [0.1, 0.15) is 12.7 Å². The van der Waals surface area contributed by atoms with Gasteiger partial charge in [0.15, 0.2) is 11.5 Å². The molecule has 1 heterocycles. The minimum absolute atomic E-state index is 0.000158. The SMILES string of the molecule is C=CCc1cc(CNC(=O)CCCn2cncn2)cc(OC)c1OC. The molecule has 2 rings (SSSR count). The van der Waals surface area contributed by atoms with Crippen LogP contribution in [-0.2, 0) is 24.3 Å². The van der Waals surface area contributed by atoms with Gasteiger partial charge in [-0.1, -0.05) is 6.08 Å². The largest absolute Gasteiger partial charge is 0.493 e. The first-order valence-corrected chi connectivity index (χ1v) is 8.11. The maximum atomic E-state index is 12.0. The lowest BCUT2D eigenvalue weighted by Crippen LogP contribution is -2.23. The number of hydrogen-bond donors (Lipinski definition) is 1. The normalized spacial score (nSPS) is 10.3. The summed E-state index contributed by atoms with van der Waals surface area (Å²) in [4.78, 5) is 15.9. The summed E-state index contributed by atoms with van der Waals surface area (Å²) in [6.07, 6.45) is 6.75. The van der Waals surface area contributed by atoms with Crippen molar-refractivity contribution in [2.24, 2.45) is 0 Å². The molecule has 2 aromatic rings. The van der Waals surface area contributed by atoms with Crippen LogP contribution in [0, 0.1) is 0 Å². The predicted octanol–water partition coefficient (Wildman–Crippen LogP) is 2.12. The smallest absolute Gasteiger partial charge is 0.220 e. The first-order chi connectivity index (χ1) is 12.2. The van der Waals surface area contributed by atoms with Crippen molar-refractivity contribution in [1.29, 1.82) is 0 Å². The van der Waals surface area contributed by atoms with Gasteiger partial charge in [0, 0.05) is 25.1 Å². The van der Waals surface area contributed by atoms with Crippen molar-refractivity contribution >= 4 is 5.91 Å². The lowest BCUT2D eigenvalue weighted by molar-refractivity contribution is -0.121. The average molecular weight is 344 g/mol. The number of aromatic nitrogens is 3. The molecule has 25 heavy (non-hydrogen) atoms. The van der Waals surface area contributed by atoms with Gasteiger partial charge in [0.05, 0.1) is 14.2 Å². The number of hydrogen-bond acceptors (Lipinski definition) is 5. The van der Waals surface area contributed by atoms with Gasteiger partial charge >= 0.3 is 0 Å². The molecule has 0 saturated heterocycles. The van der Waals surface area contributed by atoms with Gasteiger partial charge in [-0.25, -0.2) is 4.98 Å². The van der Waals surface area contributed by atoms with E-state index in [-0.39, 0.29) is 5.91 Å². The molecule has 0 unspecified atom stereocenters. The molecule has 0 radical (unpaired) electrons. The summed E-state index contributed by atoms with van der Waals surface area (Å²) in [5.74, 6) is 1.35. The van der Waals surface area contributed by atoms with E-state index in [2.05, 4.69) is 22.0 Å². The van der Waals surface area contributed by atoms with Gasteiger partial charge in [0.2, 0.25) is 5.91 Å². The lowest BCUT2D eigenvalue weighted by Gasteiger charge is -2.15. The number of benzene rings is 1. The van der Waals surface area contributed by atoms with Crippen molar-refractivity contribution < 1.29 is 14.3 Å². The molecule has 1 aromatic carbocycles. The highest BCUT2D eigenvalue weighted by molar-refractivity contribution is 5.75. The number of nitrogens with zero attached hydrogens (tertiary/aromatic N) is 3. The molecule has 0 spiro atoms. The highest BCUT2D eigenvalue weighted by Crippen LogP contribution is 2.33.